The minimum atomic E-state index is -3.53. The third-order valence-electron chi connectivity index (χ3n) is 4.64. The van der Waals surface area contributed by atoms with Gasteiger partial charge in [-0.25, -0.2) is 17.8 Å². The van der Waals surface area contributed by atoms with Gasteiger partial charge in [0.05, 0.1) is 36.0 Å². The molecule has 1 N–H and O–H groups in total. The fraction of sp³-hybridized carbons (Fsp3) is 0.143. The molecule has 0 unspecified atom stereocenters. The Kier molecular flexibility index (Phi) is 4.90. The highest BCUT2D eigenvalue weighted by Gasteiger charge is 2.17. The number of halogens is 1. The van der Waals surface area contributed by atoms with E-state index in [1.165, 1.54) is 19.2 Å². The summed E-state index contributed by atoms with van der Waals surface area (Å²) in [6, 6.07) is 13.2. The van der Waals surface area contributed by atoms with Crippen LogP contribution in [0.15, 0.2) is 54.7 Å². The summed E-state index contributed by atoms with van der Waals surface area (Å²) in [7, 11) is -0.276. The monoisotopic (exact) mass is 426 g/mol. The number of nitrogens with one attached hydrogen (secondary N) is 1. The van der Waals surface area contributed by atoms with E-state index in [9.17, 15) is 12.8 Å². The van der Waals surface area contributed by atoms with Gasteiger partial charge < -0.3 is 4.74 Å². The standard InChI is InChI=1S/C21H19FN4O3S/c1-26-20(7-8-23-26)18-10-15(13-5-4-6-14(22)9-13)16-11-21(29-2)19(12-17(16)24-18)25-30(3,27)28/h4-12,25H,1-3H3. The quantitative estimate of drug-likeness (QED) is 0.524. The van der Waals surface area contributed by atoms with Crippen LogP contribution in [0.3, 0.4) is 0 Å². The number of sulfonamides is 1. The molecule has 7 nitrogen and oxygen atoms in total. The second-order valence-corrected chi connectivity index (χ2v) is 8.60. The molecule has 0 atom stereocenters. The molecule has 0 amide bonds. The number of anilines is 1. The van der Waals surface area contributed by atoms with Crippen LogP contribution in [-0.2, 0) is 17.1 Å². The molecule has 0 spiro atoms. The summed E-state index contributed by atoms with van der Waals surface area (Å²) >= 11 is 0. The van der Waals surface area contributed by atoms with Gasteiger partial charge in [-0.1, -0.05) is 12.1 Å². The van der Waals surface area contributed by atoms with Crippen molar-refractivity contribution >= 4 is 26.6 Å². The Morgan fingerprint density at radius 1 is 1.13 bits per heavy atom. The molecule has 0 saturated carbocycles. The summed E-state index contributed by atoms with van der Waals surface area (Å²) in [5.74, 6) is -0.0254. The highest BCUT2D eigenvalue weighted by atomic mass is 32.2. The third-order valence-corrected chi connectivity index (χ3v) is 5.23. The van der Waals surface area contributed by atoms with Crippen LogP contribution < -0.4 is 9.46 Å². The number of nitrogens with zero attached hydrogens (tertiary/aromatic N) is 3. The number of hydrogen-bond donors (Lipinski definition) is 1. The van der Waals surface area contributed by atoms with Gasteiger partial charge in [-0.05, 0) is 47.5 Å². The second-order valence-electron chi connectivity index (χ2n) is 6.85. The first-order valence-electron chi connectivity index (χ1n) is 9.00. The molecule has 0 bridgehead atoms. The van der Waals surface area contributed by atoms with Crippen molar-refractivity contribution < 1.29 is 17.5 Å². The van der Waals surface area contributed by atoms with Gasteiger partial charge in [-0.3, -0.25) is 9.40 Å². The first-order chi connectivity index (χ1) is 14.2. The number of benzene rings is 2. The van der Waals surface area contributed by atoms with Gasteiger partial charge in [0, 0.05) is 18.6 Å². The van der Waals surface area contributed by atoms with Crippen molar-refractivity contribution in [2.75, 3.05) is 18.1 Å². The zero-order chi connectivity index (χ0) is 21.5. The fourth-order valence-electron chi connectivity index (χ4n) is 3.35. The molecule has 154 valence electrons. The zero-order valence-electron chi connectivity index (χ0n) is 16.5. The lowest BCUT2D eigenvalue weighted by molar-refractivity contribution is 0.417. The molecule has 9 heteroatoms. The van der Waals surface area contributed by atoms with Crippen molar-refractivity contribution in [3.8, 4) is 28.3 Å². The van der Waals surface area contributed by atoms with Crippen molar-refractivity contribution in [2.45, 2.75) is 0 Å². The van der Waals surface area contributed by atoms with Gasteiger partial charge in [0.2, 0.25) is 10.0 Å². The summed E-state index contributed by atoms with van der Waals surface area (Å²) < 4.78 is 47.1. The first-order valence-corrected chi connectivity index (χ1v) is 10.9. The van der Waals surface area contributed by atoms with Crippen LogP contribution in [0.5, 0.6) is 5.75 Å². The molecular formula is C21H19FN4O3S. The number of rotatable bonds is 5. The summed E-state index contributed by atoms with van der Waals surface area (Å²) in [6.07, 6.45) is 2.72. The van der Waals surface area contributed by atoms with Gasteiger partial charge in [-0.2, -0.15) is 5.10 Å². The maximum atomic E-state index is 14.0. The van der Waals surface area contributed by atoms with E-state index in [1.54, 1.807) is 42.2 Å². The maximum Gasteiger partial charge on any atom is 0.229 e. The van der Waals surface area contributed by atoms with Gasteiger partial charge in [0.15, 0.2) is 0 Å². The number of methoxy groups -OCH3 is 1. The predicted octanol–water partition coefficient (Wildman–Crippen LogP) is 3.82. The van der Waals surface area contributed by atoms with Crippen molar-refractivity contribution in [2.24, 2.45) is 7.05 Å². The molecular weight excluding hydrogens is 407 g/mol. The summed E-state index contributed by atoms with van der Waals surface area (Å²) in [5.41, 5.74) is 3.59. The van der Waals surface area contributed by atoms with Gasteiger partial charge >= 0.3 is 0 Å². The van der Waals surface area contributed by atoms with E-state index < -0.39 is 10.0 Å². The van der Waals surface area contributed by atoms with Crippen LogP contribution in [0.4, 0.5) is 10.1 Å². The number of fused-ring (bicyclic) bond motifs is 1. The molecule has 4 rings (SSSR count). The van der Waals surface area contributed by atoms with Gasteiger partial charge in [0.1, 0.15) is 11.6 Å². The molecule has 30 heavy (non-hydrogen) atoms. The van der Waals surface area contributed by atoms with Gasteiger partial charge in [0.25, 0.3) is 0 Å². The smallest absolute Gasteiger partial charge is 0.229 e. The summed E-state index contributed by atoms with van der Waals surface area (Å²) in [5, 5.41) is 4.88. The molecule has 0 fully saturated rings. The Morgan fingerprint density at radius 3 is 2.57 bits per heavy atom. The molecule has 0 aliphatic rings. The number of pyridine rings is 1. The van der Waals surface area contributed by atoms with E-state index in [2.05, 4.69) is 9.82 Å². The molecule has 4 aromatic rings. The van der Waals surface area contributed by atoms with Crippen LogP contribution in [0.1, 0.15) is 0 Å². The molecule has 0 saturated heterocycles. The van der Waals surface area contributed by atoms with Crippen LogP contribution in [0, 0.1) is 5.82 Å². The Bertz CT molecular complexity index is 1370. The molecule has 2 heterocycles. The predicted molar refractivity (Wildman–Crippen MR) is 114 cm³/mol. The Morgan fingerprint density at radius 2 is 1.93 bits per heavy atom. The lowest BCUT2D eigenvalue weighted by Crippen LogP contribution is -2.10. The number of ether oxygens (including phenoxy) is 1. The zero-order valence-corrected chi connectivity index (χ0v) is 17.4. The number of hydrogen-bond acceptors (Lipinski definition) is 5. The average Bonchev–Trinajstić information content (AvgIpc) is 3.11. The topological polar surface area (TPSA) is 86.1 Å². The lowest BCUT2D eigenvalue weighted by atomic mass is 9.98. The number of aromatic nitrogens is 3. The molecule has 2 aromatic heterocycles. The van der Waals surface area contributed by atoms with Crippen LogP contribution in [0.2, 0.25) is 0 Å². The highest BCUT2D eigenvalue weighted by Crippen LogP contribution is 2.37. The summed E-state index contributed by atoms with van der Waals surface area (Å²) in [6.45, 7) is 0. The van der Waals surface area contributed by atoms with Crippen LogP contribution in [0.25, 0.3) is 33.4 Å². The van der Waals surface area contributed by atoms with E-state index in [1.807, 2.05) is 12.1 Å². The molecule has 0 radical (unpaired) electrons. The molecule has 0 aliphatic heterocycles. The van der Waals surface area contributed by atoms with E-state index in [0.717, 1.165) is 17.5 Å². The van der Waals surface area contributed by atoms with E-state index >= 15 is 0 Å². The summed E-state index contributed by atoms with van der Waals surface area (Å²) in [4.78, 5) is 4.71. The maximum absolute atomic E-state index is 14.0. The van der Waals surface area contributed by atoms with Crippen molar-refractivity contribution in [1.82, 2.24) is 14.8 Å². The first kappa shape index (κ1) is 19.8. The molecule has 2 aromatic carbocycles. The SMILES string of the molecule is COc1cc2c(-c3cccc(F)c3)cc(-c3ccnn3C)nc2cc1NS(C)(=O)=O. The Balaban J connectivity index is 2.05. The Labute approximate surface area is 173 Å². The van der Waals surface area contributed by atoms with Crippen LogP contribution in [-0.4, -0.2) is 36.5 Å². The van der Waals surface area contributed by atoms with Crippen molar-refractivity contribution in [3.63, 3.8) is 0 Å². The third kappa shape index (κ3) is 3.84. The van der Waals surface area contributed by atoms with E-state index in [4.69, 9.17) is 9.72 Å². The van der Waals surface area contributed by atoms with E-state index in [-0.39, 0.29) is 11.5 Å². The largest absolute Gasteiger partial charge is 0.495 e. The van der Waals surface area contributed by atoms with Crippen molar-refractivity contribution in [1.29, 1.82) is 0 Å². The highest BCUT2D eigenvalue weighted by molar-refractivity contribution is 7.92. The Hall–Kier alpha value is -3.46. The minimum absolute atomic E-state index is 0.271. The average molecular weight is 426 g/mol. The fourth-order valence-corrected chi connectivity index (χ4v) is 3.91. The van der Waals surface area contributed by atoms with Crippen molar-refractivity contribution in [3.05, 3.63) is 60.5 Å². The minimum Gasteiger partial charge on any atom is -0.495 e. The normalized spacial score (nSPS) is 11.6. The lowest BCUT2D eigenvalue weighted by Gasteiger charge is -2.15. The molecule has 0 aliphatic carbocycles. The van der Waals surface area contributed by atoms with Gasteiger partial charge in [-0.15, -0.1) is 0 Å². The second kappa shape index (κ2) is 7.42. The number of aryl methyl sites for hydroxylation is 1. The van der Waals surface area contributed by atoms with E-state index in [0.29, 0.717) is 27.9 Å². The van der Waals surface area contributed by atoms with Crippen LogP contribution >= 0.6 is 0 Å².